The van der Waals surface area contributed by atoms with Gasteiger partial charge in [0.05, 0.1) is 12.3 Å². The zero-order valence-corrected chi connectivity index (χ0v) is 13.2. The van der Waals surface area contributed by atoms with Crippen LogP contribution in [0.5, 0.6) is 5.75 Å². The maximum Gasteiger partial charge on any atom is 0.262 e. The first-order chi connectivity index (χ1) is 10.8. The summed E-state index contributed by atoms with van der Waals surface area (Å²) in [5, 5.41) is 3.49. The van der Waals surface area contributed by atoms with Crippen molar-refractivity contribution in [1.82, 2.24) is 4.90 Å². The van der Waals surface area contributed by atoms with E-state index in [1.807, 2.05) is 23.9 Å². The van der Waals surface area contributed by atoms with Crippen molar-refractivity contribution in [2.24, 2.45) is 0 Å². The summed E-state index contributed by atoms with van der Waals surface area (Å²) < 4.78 is 11.0. The molecular weight excluding hydrogens is 300 g/mol. The van der Waals surface area contributed by atoms with Crippen molar-refractivity contribution >= 4 is 23.4 Å². The highest BCUT2D eigenvalue weighted by Gasteiger charge is 2.34. The molecule has 22 heavy (non-hydrogen) atoms. The number of fused-ring (bicyclic) bond motifs is 2. The van der Waals surface area contributed by atoms with Gasteiger partial charge in [-0.25, -0.2) is 0 Å². The smallest absolute Gasteiger partial charge is 0.262 e. The predicted octanol–water partition coefficient (Wildman–Crippen LogP) is 1.72. The lowest BCUT2D eigenvalue weighted by atomic mass is 10.0. The molecule has 1 N–H and O–H groups in total. The van der Waals surface area contributed by atoms with E-state index in [1.54, 1.807) is 0 Å². The van der Waals surface area contributed by atoms with Gasteiger partial charge < -0.3 is 14.8 Å². The molecule has 3 aliphatic heterocycles. The number of benzene rings is 1. The normalized spacial score (nSPS) is 28.3. The lowest BCUT2D eigenvalue weighted by Gasteiger charge is -2.43. The highest BCUT2D eigenvalue weighted by Crippen LogP contribution is 2.33. The quantitative estimate of drug-likeness (QED) is 0.899. The first-order valence-electron chi connectivity index (χ1n) is 7.78. The van der Waals surface area contributed by atoms with Crippen molar-refractivity contribution in [2.45, 2.75) is 24.3 Å². The topological polar surface area (TPSA) is 50.8 Å². The number of carbonyl (C=O) groups is 1. The van der Waals surface area contributed by atoms with Crippen LogP contribution in [0.25, 0.3) is 0 Å². The fourth-order valence-corrected chi connectivity index (χ4v) is 4.79. The Hall–Kier alpha value is -1.24. The second kappa shape index (κ2) is 6.10. The minimum Gasteiger partial charge on any atom is -0.482 e. The number of thioether (sulfide) groups is 1. The summed E-state index contributed by atoms with van der Waals surface area (Å²) in [7, 11) is 0. The van der Waals surface area contributed by atoms with E-state index in [-0.39, 0.29) is 12.5 Å². The van der Waals surface area contributed by atoms with Crippen molar-refractivity contribution in [3.8, 4) is 5.75 Å². The van der Waals surface area contributed by atoms with Gasteiger partial charge in [0, 0.05) is 36.7 Å². The minimum atomic E-state index is -0.0801. The molecule has 3 heterocycles. The second-order valence-electron chi connectivity index (χ2n) is 5.98. The second-order valence-corrected chi connectivity index (χ2v) is 7.33. The molecule has 3 aliphatic rings. The third-order valence-corrected chi connectivity index (χ3v) is 5.81. The molecule has 0 bridgehead atoms. The number of hydrogen-bond donors (Lipinski definition) is 1. The summed E-state index contributed by atoms with van der Waals surface area (Å²) in [5.74, 6) is 1.85. The Kier molecular flexibility index (Phi) is 3.98. The number of hydrogen-bond acceptors (Lipinski definition) is 5. The standard InChI is InChI=1S/C16H20N2O3S/c19-16-10-21-14-2-1-11(7-12(14)17-16)8-18-4-6-22-15-9-20-5-3-13(15)18/h1-2,7,13,15H,3-6,8-10H2,(H,17,19). The Balaban J connectivity index is 1.50. The molecule has 2 fully saturated rings. The van der Waals surface area contributed by atoms with Crippen molar-refractivity contribution in [3.63, 3.8) is 0 Å². The molecule has 2 saturated heterocycles. The largest absolute Gasteiger partial charge is 0.482 e. The number of nitrogens with zero attached hydrogens (tertiary/aromatic N) is 1. The molecule has 1 aromatic rings. The predicted molar refractivity (Wildman–Crippen MR) is 86.4 cm³/mol. The number of carbonyl (C=O) groups excluding carboxylic acids is 1. The Labute approximate surface area is 134 Å². The van der Waals surface area contributed by atoms with Crippen molar-refractivity contribution < 1.29 is 14.3 Å². The first kappa shape index (κ1) is 14.4. The third kappa shape index (κ3) is 2.83. The van der Waals surface area contributed by atoms with Gasteiger partial charge >= 0.3 is 0 Å². The van der Waals surface area contributed by atoms with Gasteiger partial charge in [-0.1, -0.05) is 6.07 Å². The van der Waals surface area contributed by atoms with Crippen molar-refractivity contribution in [3.05, 3.63) is 23.8 Å². The molecule has 6 heteroatoms. The van der Waals surface area contributed by atoms with Crippen LogP contribution in [0.2, 0.25) is 0 Å². The minimum absolute atomic E-state index is 0.0801. The van der Waals surface area contributed by atoms with E-state index < -0.39 is 0 Å². The molecule has 2 atom stereocenters. The number of ether oxygens (including phenoxy) is 2. The molecule has 5 nitrogen and oxygen atoms in total. The van der Waals surface area contributed by atoms with Crippen LogP contribution in [0.1, 0.15) is 12.0 Å². The van der Waals surface area contributed by atoms with E-state index >= 15 is 0 Å². The Morgan fingerprint density at radius 1 is 1.41 bits per heavy atom. The van der Waals surface area contributed by atoms with Crippen molar-refractivity contribution in [1.29, 1.82) is 0 Å². The van der Waals surface area contributed by atoms with E-state index in [2.05, 4.69) is 16.3 Å². The Morgan fingerprint density at radius 2 is 2.36 bits per heavy atom. The molecule has 0 spiro atoms. The summed E-state index contributed by atoms with van der Waals surface area (Å²) in [5.41, 5.74) is 2.02. The first-order valence-corrected chi connectivity index (χ1v) is 8.83. The fourth-order valence-electron chi connectivity index (χ4n) is 3.42. The van der Waals surface area contributed by atoms with Crippen LogP contribution in [-0.4, -0.2) is 54.2 Å². The van der Waals surface area contributed by atoms with Crippen LogP contribution in [0.4, 0.5) is 5.69 Å². The van der Waals surface area contributed by atoms with Gasteiger partial charge in [-0.05, 0) is 24.1 Å². The van der Waals surface area contributed by atoms with E-state index in [9.17, 15) is 4.79 Å². The highest BCUT2D eigenvalue weighted by atomic mass is 32.2. The van der Waals surface area contributed by atoms with Crippen molar-refractivity contribution in [2.75, 3.05) is 37.4 Å². The summed E-state index contributed by atoms with van der Waals surface area (Å²) in [6.45, 7) is 3.89. The SMILES string of the molecule is O=C1COc2ccc(CN3CCSC4COCCC43)cc2N1. The maximum absolute atomic E-state index is 11.5. The maximum atomic E-state index is 11.5. The van der Waals surface area contributed by atoms with Crippen LogP contribution in [0.15, 0.2) is 18.2 Å². The average molecular weight is 320 g/mol. The van der Waals surface area contributed by atoms with Crippen LogP contribution in [-0.2, 0) is 16.1 Å². The number of anilines is 1. The van der Waals surface area contributed by atoms with Gasteiger partial charge in [0.25, 0.3) is 5.91 Å². The summed E-state index contributed by atoms with van der Waals surface area (Å²) in [4.78, 5) is 14.0. The van der Waals surface area contributed by atoms with Crippen LogP contribution in [0.3, 0.4) is 0 Å². The lowest BCUT2D eigenvalue weighted by molar-refractivity contribution is -0.118. The molecule has 0 radical (unpaired) electrons. The van der Waals surface area contributed by atoms with E-state index in [0.717, 1.165) is 49.9 Å². The van der Waals surface area contributed by atoms with Gasteiger partial charge in [-0.15, -0.1) is 0 Å². The van der Waals surface area contributed by atoms with Gasteiger partial charge in [-0.3, -0.25) is 9.69 Å². The zero-order valence-electron chi connectivity index (χ0n) is 12.4. The molecule has 0 saturated carbocycles. The average Bonchev–Trinajstić information content (AvgIpc) is 2.55. The van der Waals surface area contributed by atoms with Crippen LogP contribution >= 0.6 is 11.8 Å². The van der Waals surface area contributed by atoms with E-state index in [0.29, 0.717) is 11.3 Å². The number of nitrogens with one attached hydrogen (secondary N) is 1. The number of amides is 1. The van der Waals surface area contributed by atoms with Gasteiger partial charge in [0.1, 0.15) is 5.75 Å². The highest BCUT2D eigenvalue weighted by molar-refractivity contribution is 8.00. The Morgan fingerprint density at radius 3 is 3.32 bits per heavy atom. The summed E-state index contributed by atoms with van der Waals surface area (Å²) in [6, 6.07) is 6.72. The summed E-state index contributed by atoms with van der Waals surface area (Å²) >= 11 is 2.04. The van der Waals surface area contributed by atoms with E-state index in [4.69, 9.17) is 9.47 Å². The molecule has 2 unspecified atom stereocenters. The van der Waals surface area contributed by atoms with Gasteiger partial charge in [0.15, 0.2) is 6.61 Å². The fraction of sp³-hybridized carbons (Fsp3) is 0.562. The monoisotopic (exact) mass is 320 g/mol. The molecule has 118 valence electrons. The number of rotatable bonds is 2. The molecule has 0 aliphatic carbocycles. The van der Waals surface area contributed by atoms with Crippen LogP contribution < -0.4 is 10.1 Å². The molecular formula is C16H20N2O3S. The Bertz CT molecular complexity index is 579. The van der Waals surface area contributed by atoms with Gasteiger partial charge in [-0.2, -0.15) is 11.8 Å². The zero-order chi connectivity index (χ0) is 14.9. The lowest BCUT2D eigenvalue weighted by Crippen LogP contribution is -2.51. The van der Waals surface area contributed by atoms with E-state index in [1.165, 1.54) is 5.56 Å². The van der Waals surface area contributed by atoms with Gasteiger partial charge in [0.2, 0.25) is 0 Å². The third-order valence-electron chi connectivity index (χ3n) is 4.51. The summed E-state index contributed by atoms with van der Waals surface area (Å²) in [6.07, 6.45) is 1.11. The molecule has 1 aromatic carbocycles. The van der Waals surface area contributed by atoms with Crippen LogP contribution in [0, 0.1) is 0 Å². The molecule has 0 aromatic heterocycles. The molecule has 4 rings (SSSR count). The molecule has 1 amide bonds.